The van der Waals surface area contributed by atoms with Gasteiger partial charge in [-0.15, -0.1) is 24.0 Å². The third-order valence-electron chi connectivity index (χ3n) is 4.96. The van der Waals surface area contributed by atoms with Crippen LogP contribution in [0.15, 0.2) is 46.1 Å². The number of piperazine rings is 1. The van der Waals surface area contributed by atoms with Gasteiger partial charge in [0, 0.05) is 45.3 Å². The second-order valence-corrected chi connectivity index (χ2v) is 7.27. The predicted octanol–water partition coefficient (Wildman–Crippen LogP) is 3.75. The Labute approximate surface area is 196 Å². The van der Waals surface area contributed by atoms with Crippen LogP contribution in [0, 0.1) is 0 Å². The zero-order valence-corrected chi connectivity index (χ0v) is 20.4. The van der Waals surface area contributed by atoms with Gasteiger partial charge in [-0.05, 0) is 31.0 Å². The maximum absolute atomic E-state index is 5.82. The highest BCUT2D eigenvalue weighted by Gasteiger charge is 2.20. The summed E-state index contributed by atoms with van der Waals surface area (Å²) in [5, 5.41) is 7.45. The van der Waals surface area contributed by atoms with Crippen LogP contribution in [-0.4, -0.2) is 60.2 Å². The molecule has 1 aromatic heterocycles. The zero-order chi connectivity index (χ0) is 20.3. The van der Waals surface area contributed by atoms with Crippen LogP contribution < -0.4 is 10.1 Å². The van der Waals surface area contributed by atoms with Gasteiger partial charge in [0.05, 0.1) is 18.8 Å². The first-order valence-corrected chi connectivity index (χ1v) is 10.6. The molecule has 0 saturated carbocycles. The Morgan fingerprint density at radius 1 is 1.20 bits per heavy atom. The molecule has 30 heavy (non-hydrogen) atoms. The smallest absolute Gasteiger partial charge is 0.194 e. The van der Waals surface area contributed by atoms with E-state index in [0.717, 1.165) is 76.1 Å². The fourth-order valence-electron chi connectivity index (χ4n) is 3.33. The Morgan fingerprint density at radius 3 is 2.73 bits per heavy atom. The molecular formula is C22H34IN5O2. The Hall–Kier alpha value is -1.81. The summed E-state index contributed by atoms with van der Waals surface area (Å²) in [5.74, 6) is 1.91. The average Bonchev–Trinajstić information content (AvgIpc) is 3.25. The Kier molecular flexibility index (Phi) is 11.0. The summed E-state index contributed by atoms with van der Waals surface area (Å²) in [6, 6.07) is 10.2. The minimum atomic E-state index is 0. The van der Waals surface area contributed by atoms with E-state index < -0.39 is 0 Å². The topological polar surface area (TPSA) is 66.1 Å². The number of aromatic nitrogens is 1. The third kappa shape index (κ3) is 7.79. The number of halogens is 1. The quantitative estimate of drug-likeness (QED) is 0.232. The fraction of sp³-hybridized carbons (Fsp3) is 0.545. The minimum absolute atomic E-state index is 0. The van der Waals surface area contributed by atoms with Crippen LogP contribution in [0.2, 0.25) is 0 Å². The number of benzene rings is 1. The van der Waals surface area contributed by atoms with Crippen LogP contribution in [0.3, 0.4) is 0 Å². The van der Waals surface area contributed by atoms with Crippen molar-refractivity contribution in [1.29, 1.82) is 0 Å². The number of nitrogens with zero attached hydrogens (tertiary/aromatic N) is 4. The molecule has 0 radical (unpaired) electrons. The van der Waals surface area contributed by atoms with E-state index in [2.05, 4.69) is 46.3 Å². The summed E-state index contributed by atoms with van der Waals surface area (Å²) in [6.07, 6.45) is 3.85. The normalized spacial score (nSPS) is 15.0. The second-order valence-electron chi connectivity index (χ2n) is 7.27. The lowest BCUT2D eigenvalue weighted by molar-refractivity contribution is 0.169. The minimum Gasteiger partial charge on any atom is -0.494 e. The molecule has 0 amide bonds. The summed E-state index contributed by atoms with van der Waals surface area (Å²) in [5.41, 5.74) is 2.15. The number of hydrogen-bond donors (Lipinski definition) is 1. The van der Waals surface area contributed by atoms with Gasteiger partial charge in [-0.3, -0.25) is 4.90 Å². The Morgan fingerprint density at radius 2 is 2.03 bits per heavy atom. The number of nitrogens with one attached hydrogen (secondary N) is 1. The van der Waals surface area contributed by atoms with E-state index in [1.165, 1.54) is 5.56 Å². The molecule has 0 aliphatic carbocycles. The number of ether oxygens (including phenoxy) is 1. The lowest BCUT2D eigenvalue weighted by atomic mass is 10.2. The SMILES string of the molecule is CCCCOc1cccc(CN=C(NCC)N2CCN(Cc3ccon3)CC2)c1.I. The van der Waals surface area contributed by atoms with Crippen LogP contribution in [0.4, 0.5) is 0 Å². The molecule has 1 aliphatic heterocycles. The Bertz CT molecular complexity index is 746. The molecule has 7 nitrogen and oxygen atoms in total. The van der Waals surface area contributed by atoms with Crippen molar-refractivity contribution in [3.8, 4) is 5.75 Å². The molecule has 1 saturated heterocycles. The summed E-state index contributed by atoms with van der Waals surface area (Å²) in [4.78, 5) is 9.61. The molecule has 0 spiro atoms. The summed E-state index contributed by atoms with van der Waals surface area (Å²) in [6.45, 7) is 11.3. The molecule has 0 atom stereocenters. The van der Waals surface area contributed by atoms with Crippen molar-refractivity contribution in [2.75, 3.05) is 39.3 Å². The molecule has 3 rings (SSSR count). The van der Waals surface area contributed by atoms with Gasteiger partial charge in [0.2, 0.25) is 0 Å². The fourth-order valence-corrected chi connectivity index (χ4v) is 3.33. The molecule has 8 heteroatoms. The van der Waals surface area contributed by atoms with Gasteiger partial charge in [-0.1, -0.05) is 30.6 Å². The van der Waals surface area contributed by atoms with E-state index >= 15 is 0 Å². The van der Waals surface area contributed by atoms with Crippen LogP contribution in [0.25, 0.3) is 0 Å². The highest BCUT2D eigenvalue weighted by molar-refractivity contribution is 14.0. The van der Waals surface area contributed by atoms with Crippen molar-refractivity contribution in [3.63, 3.8) is 0 Å². The molecule has 0 unspecified atom stereocenters. The Balaban J connectivity index is 0.00000320. The van der Waals surface area contributed by atoms with E-state index in [1.807, 2.05) is 18.2 Å². The molecule has 166 valence electrons. The largest absolute Gasteiger partial charge is 0.494 e. The number of hydrogen-bond acceptors (Lipinski definition) is 5. The van der Waals surface area contributed by atoms with E-state index in [1.54, 1.807) is 6.26 Å². The van der Waals surface area contributed by atoms with Crippen molar-refractivity contribution >= 4 is 29.9 Å². The monoisotopic (exact) mass is 527 g/mol. The van der Waals surface area contributed by atoms with E-state index in [9.17, 15) is 0 Å². The molecule has 1 fully saturated rings. The van der Waals surface area contributed by atoms with E-state index in [4.69, 9.17) is 14.3 Å². The molecule has 1 N–H and O–H groups in total. The van der Waals surface area contributed by atoms with Crippen LogP contribution >= 0.6 is 24.0 Å². The lowest BCUT2D eigenvalue weighted by Crippen LogP contribution is -2.52. The van der Waals surface area contributed by atoms with Crippen LogP contribution in [0.1, 0.15) is 37.9 Å². The van der Waals surface area contributed by atoms with Gasteiger partial charge in [-0.25, -0.2) is 4.99 Å². The van der Waals surface area contributed by atoms with Gasteiger partial charge in [0.25, 0.3) is 0 Å². The molecule has 1 aliphatic rings. The number of guanidine groups is 1. The maximum Gasteiger partial charge on any atom is 0.194 e. The first kappa shape index (κ1) is 24.5. The third-order valence-corrected chi connectivity index (χ3v) is 4.96. The van der Waals surface area contributed by atoms with Gasteiger partial charge < -0.3 is 19.5 Å². The van der Waals surface area contributed by atoms with Crippen LogP contribution in [-0.2, 0) is 13.1 Å². The molecular weight excluding hydrogens is 493 g/mol. The van der Waals surface area contributed by atoms with Gasteiger partial charge >= 0.3 is 0 Å². The number of unbranched alkanes of at least 4 members (excludes halogenated alkanes) is 1. The summed E-state index contributed by atoms with van der Waals surface area (Å²) >= 11 is 0. The molecule has 2 heterocycles. The van der Waals surface area contributed by atoms with Gasteiger partial charge in [0.15, 0.2) is 5.96 Å². The summed E-state index contributed by atoms with van der Waals surface area (Å²) < 4.78 is 10.8. The highest BCUT2D eigenvalue weighted by atomic mass is 127. The summed E-state index contributed by atoms with van der Waals surface area (Å²) in [7, 11) is 0. The van der Waals surface area contributed by atoms with Crippen molar-refractivity contribution in [2.24, 2.45) is 4.99 Å². The van der Waals surface area contributed by atoms with E-state index in [-0.39, 0.29) is 24.0 Å². The maximum atomic E-state index is 5.82. The standard InChI is InChI=1S/C22H33N5O2.HI/c1-3-5-14-28-21-8-6-7-19(16-21)17-24-22(23-4-2)27-12-10-26(11-13-27)18-20-9-15-29-25-20;/h6-9,15-16H,3-5,10-14,17-18H2,1-2H3,(H,23,24);1H. The highest BCUT2D eigenvalue weighted by Crippen LogP contribution is 2.15. The van der Waals surface area contributed by atoms with E-state index in [0.29, 0.717) is 6.54 Å². The van der Waals surface area contributed by atoms with Gasteiger partial charge in [0.1, 0.15) is 12.0 Å². The average molecular weight is 527 g/mol. The van der Waals surface area contributed by atoms with Crippen molar-refractivity contribution < 1.29 is 9.26 Å². The zero-order valence-electron chi connectivity index (χ0n) is 18.0. The first-order valence-electron chi connectivity index (χ1n) is 10.6. The lowest BCUT2D eigenvalue weighted by Gasteiger charge is -2.36. The number of rotatable bonds is 9. The molecule has 2 aromatic rings. The molecule has 1 aromatic carbocycles. The van der Waals surface area contributed by atoms with Gasteiger partial charge in [-0.2, -0.15) is 0 Å². The first-order chi connectivity index (χ1) is 14.3. The molecule has 0 bridgehead atoms. The van der Waals surface area contributed by atoms with Crippen molar-refractivity contribution in [1.82, 2.24) is 20.3 Å². The predicted molar refractivity (Wildman–Crippen MR) is 130 cm³/mol. The van der Waals surface area contributed by atoms with Crippen molar-refractivity contribution in [2.45, 2.75) is 39.8 Å². The second kappa shape index (κ2) is 13.5. The number of aliphatic imine (C=N–C) groups is 1. The van der Waals surface area contributed by atoms with Crippen LogP contribution in [0.5, 0.6) is 5.75 Å². The van der Waals surface area contributed by atoms with Crippen molar-refractivity contribution in [3.05, 3.63) is 47.9 Å².